The molecule has 0 amide bonds. The molecule has 0 saturated carbocycles. The van der Waals surface area contributed by atoms with Gasteiger partial charge in [0.15, 0.2) is 11.5 Å². The smallest absolute Gasteiger partial charge is 0.306 e. The number of esters is 1. The maximum Gasteiger partial charge on any atom is 0.306 e. The van der Waals surface area contributed by atoms with Crippen molar-refractivity contribution in [3.63, 3.8) is 0 Å². The first-order chi connectivity index (χ1) is 12.7. The fourth-order valence-corrected chi connectivity index (χ4v) is 3.28. The highest BCUT2D eigenvalue weighted by Crippen LogP contribution is 2.34. The summed E-state index contributed by atoms with van der Waals surface area (Å²) >= 11 is 1.30. The first kappa shape index (κ1) is 21.1. The number of hydrogen-bond acceptors (Lipinski definition) is 8. The molecule has 0 aromatic carbocycles. The second-order valence-corrected chi connectivity index (χ2v) is 8.01. The number of hydrogen-bond donors (Lipinski definition) is 1. The van der Waals surface area contributed by atoms with Gasteiger partial charge in [-0.3, -0.25) is 9.59 Å². The first-order valence-corrected chi connectivity index (χ1v) is 9.52. The Kier molecular flexibility index (Phi) is 7.15. The van der Waals surface area contributed by atoms with E-state index in [0.717, 1.165) is 4.70 Å². The molecule has 7 nitrogen and oxygen atoms in total. The summed E-state index contributed by atoms with van der Waals surface area (Å²) in [5.74, 6) is 0.265. The number of carbonyl (C=O) groups excluding carboxylic acids is 2. The predicted octanol–water partition coefficient (Wildman–Crippen LogP) is 3.37. The number of nitrogens with zero attached hydrogens (tertiary/aromatic N) is 1. The molecule has 0 atom stereocenters. The van der Waals surface area contributed by atoms with Crippen molar-refractivity contribution in [2.75, 3.05) is 20.3 Å². The van der Waals surface area contributed by atoms with Crippen LogP contribution in [0.2, 0.25) is 0 Å². The minimum absolute atomic E-state index is 0.0271. The molecule has 2 aromatic heterocycles. The van der Waals surface area contributed by atoms with Crippen LogP contribution >= 0.6 is 11.3 Å². The Hall–Kier alpha value is -2.19. The van der Waals surface area contributed by atoms with Crippen molar-refractivity contribution in [3.05, 3.63) is 17.0 Å². The number of thiophene rings is 1. The zero-order valence-electron chi connectivity index (χ0n) is 16.0. The van der Waals surface area contributed by atoms with Gasteiger partial charge in [-0.15, -0.1) is 11.3 Å². The fraction of sp³-hybridized carbons (Fsp3) is 0.526. The standard InChI is InChI=1S/C19H25NO6S/c1-19(2,3)26-17(23)7-6-13(22)16-10-12-15(27-16)11-14(24-4)18(20-12)25-9-5-8-21/h10-11,21H,5-9H2,1-4H3. The van der Waals surface area contributed by atoms with Gasteiger partial charge >= 0.3 is 5.97 Å². The van der Waals surface area contributed by atoms with Crippen LogP contribution in [0.3, 0.4) is 0 Å². The number of ketones is 1. The molecule has 0 aliphatic carbocycles. The number of pyridine rings is 1. The summed E-state index contributed by atoms with van der Waals surface area (Å²) in [5.41, 5.74) is 0.0605. The molecule has 1 N–H and O–H groups in total. The number of methoxy groups -OCH3 is 1. The van der Waals surface area contributed by atoms with Crippen LogP contribution in [-0.4, -0.2) is 47.8 Å². The van der Waals surface area contributed by atoms with Crippen molar-refractivity contribution in [1.29, 1.82) is 0 Å². The van der Waals surface area contributed by atoms with Crippen LogP contribution < -0.4 is 9.47 Å². The minimum Gasteiger partial charge on any atom is -0.491 e. The molecule has 2 aromatic rings. The van der Waals surface area contributed by atoms with E-state index in [4.69, 9.17) is 19.3 Å². The molecule has 0 aliphatic rings. The van der Waals surface area contributed by atoms with Gasteiger partial charge in [-0.1, -0.05) is 0 Å². The number of carbonyl (C=O) groups is 2. The average molecular weight is 395 g/mol. The molecule has 0 saturated heterocycles. The van der Waals surface area contributed by atoms with Gasteiger partial charge in [-0.05, 0) is 26.8 Å². The van der Waals surface area contributed by atoms with Crippen LogP contribution in [0.4, 0.5) is 0 Å². The summed E-state index contributed by atoms with van der Waals surface area (Å²) in [4.78, 5) is 29.1. The number of aromatic nitrogens is 1. The predicted molar refractivity (Wildman–Crippen MR) is 103 cm³/mol. The van der Waals surface area contributed by atoms with Crippen LogP contribution in [0, 0.1) is 0 Å². The molecule has 0 fully saturated rings. The number of ether oxygens (including phenoxy) is 3. The highest BCUT2D eigenvalue weighted by molar-refractivity contribution is 7.20. The molecule has 8 heteroatoms. The van der Waals surface area contributed by atoms with Crippen LogP contribution in [0.1, 0.15) is 49.7 Å². The third-order valence-electron chi connectivity index (χ3n) is 3.45. The van der Waals surface area contributed by atoms with Crippen molar-refractivity contribution in [2.45, 2.75) is 45.6 Å². The Balaban J connectivity index is 2.10. The van der Waals surface area contributed by atoms with E-state index in [2.05, 4.69) is 4.98 Å². The highest BCUT2D eigenvalue weighted by Gasteiger charge is 2.19. The number of fused-ring (bicyclic) bond motifs is 1. The number of aliphatic hydroxyl groups excluding tert-OH is 1. The van der Waals surface area contributed by atoms with E-state index >= 15 is 0 Å². The van der Waals surface area contributed by atoms with Crippen molar-refractivity contribution < 1.29 is 28.9 Å². The van der Waals surface area contributed by atoms with Gasteiger partial charge in [0.05, 0.1) is 35.2 Å². The molecule has 0 radical (unpaired) electrons. The van der Waals surface area contributed by atoms with E-state index in [9.17, 15) is 9.59 Å². The summed E-state index contributed by atoms with van der Waals surface area (Å²) in [6.45, 7) is 5.71. The fourth-order valence-electron chi connectivity index (χ4n) is 2.28. The van der Waals surface area contributed by atoms with Crippen LogP contribution in [0.15, 0.2) is 12.1 Å². The van der Waals surface area contributed by atoms with E-state index in [1.165, 1.54) is 18.4 Å². The zero-order valence-corrected chi connectivity index (χ0v) is 16.9. The number of aliphatic hydroxyl groups is 1. The van der Waals surface area contributed by atoms with E-state index < -0.39 is 11.6 Å². The van der Waals surface area contributed by atoms with E-state index in [1.54, 1.807) is 32.9 Å². The minimum atomic E-state index is -0.565. The van der Waals surface area contributed by atoms with Gasteiger partial charge < -0.3 is 19.3 Å². The molecular formula is C19H25NO6S. The maximum atomic E-state index is 12.4. The van der Waals surface area contributed by atoms with Crippen molar-refractivity contribution in [1.82, 2.24) is 4.98 Å². The monoisotopic (exact) mass is 395 g/mol. The van der Waals surface area contributed by atoms with Crippen LogP contribution in [0.25, 0.3) is 10.2 Å². The maximum absolute atomic E-state index is 12.4. The van der Waals surface area contributed by atoms with Crippen molar-refractivity contribution in [3.8, 4) is 11.6 Å². The van der Waals surface area contributed by atoms with E-state index in [1.807, 2.05) is 0 Å². The Bertz CT molecular complexity index is 808. The van der Waals surface area contributed by atoms with Gasteiger partial charge in [0.2, 0.25) is 0 Å². The number of rotatable bonds is 9. The Morgan fingerprint density at radius 1 is 1.22 bits per heavy atom. The zero-order chi connectivity index (χ0) is 20.0. The number of Topliss-reactive ketones (excluding diaryl/α,β-unsaturated/α-hetero) is 1. The third-order valence-corrected chi connectivity index (χ3v) is 4.56. The van der Waals surface area contributed by atoms with Gasteiger partial charge in [0.1, 0.15) is 5.60 Å². The Morgan fingerprint density at radius 2 is 1.96 bits per heavy atom. The molecular weight excluding hydrogens is 370 g/mol. The van der Waals surface area contributed by atoms with Gasteiger partial charge in [-0.2, -0.15) is 0 Å². The Morgan fingerprint density at radius 3 is 2.59 bits per heavy atom. The SMILES string of the molecule is COc1cc2sc(C(=O)CCC(=O)OC(C)(C)C)cc2nc1OCCCO. The lowest BCUT2D eigenvalue weighted by atomic mass is 10.1. The molecule has 2 rings (SSSR count). The Labute approximate surface area is 162 Å². The van der Waals surface area contributed by atoms with Crippen molar-refractivity contribution in [2.24, 2.45) is 0 Å². The van der Waals surface area contributed by atoms with Gasteiger partial charge in [-0.25, -0.2) is 4.98 Å². The van der Waals surface area contributed by atoms with Crippen LogP contribution in [0.5, 0.6) is 11.6 Å². The topological polar surface area (TPSA) is 95.0 Å². The average Bonchev–Trinajstić information content (AvgIpc) is 3.00. The summed E-state index contributed by atoms with van der Waals surface area (Å²) in [6.07, 6.45) is 0.607. The van der Waals surface area contributed by atoms with Crippen LogP contribution in [-0.2, 0) is 9.53 Å². The second-order valence-electron chi connectivity index (χ2n) is 6.93. The van der Waals surface area contributed by atoms with E-state index in [-0.39, 0.29) is 25.2 Å². The van der Waals surface area contributed by atoms with Gasteiger partial charge in [0.25, 0.3) is 5.88 Å². The summed E-state index contributed by atoms with van der Waals surface area (Å²) in [5, 5.41) is 8.86. The largest absolute Gasteiger partial charge is 0.491 e. The molecule has 2 heterocycles. The lowest BCUT2D eigenvalue weighted by molar-refractivity contribution is -0.154. The second kappa shape index (κ2) is 9.14. The molecule has 0 unspecified atom stereocenters. The molecule has 0 bridgehead atoms. The van der Waals surface area contributed by atoms with E-state index in [0.29, 0.717) is 35.1 Å². The highest BCUT2D eigenvalue weighted by atomic mass is 32.1. The molecule has 27 heavy (non-hydrogen) atoms. The molecule has 0 spiro atoms. The first-order valence-electron chi connectivity index (χ1n) is 8.71. The molecule has 148 valence electrons. The quantitative estimate of drug-likeness (QED) is 0.395. The summed E-state index contributed by atoms with van der Waals surface area (Å²) in [7, 11) is 1.52. The lowest BCUT2D eigenvalue weighted by Crippen LogP contribution is -2.24. The molecule has 0 aliphatic heterocycles. The third kappa shape index (κ3) is 6.18. The normalized spacial score (nSPS) is 11.4. The van der Waals surface area contributed by atoms with Gasteiger partial charge in [0, 0.05) is 25.5 Å². The summed E-state index contributed by atoms with van der Waals surface area (Å²) < 4.78 is 16.8. The van der Waals surface area contributed by atoms with Crippen molar-refractivity contribution >= 4 is 33.3 Å². The summed E-state index contributed by atoms with van der Waals surface area (Å²) in [6, 6.07) is 3.46. The lowest BCUT2D eigenvalue weighted by Gasteiger charge is -2.19.